The molecule has 23 heavy (non-hydrogen) atoms. The van der Waals surface area contributed by atoms with Gasteiger partial charge >= 0.3 is 0 Å². The van der Waals surface area contributed by atoms with Gasteiger partial charge in [-0.25, -0.2) is 4.98 Å². The fourth-order valence-corrected chi connectivity index (χ4v) is 2.68. The number of aromatic nitrogens is 2. The Hall–Kier alpha value is -2.10. The molecule has 0 spiro atoms. The predicted molar refractivity (Wildman–Crippen MR) is 96.9 cm³/mol. The van der Waals surface area contributed by atoms with E-state index in [4.69, 9.17) is 23.2 Å². The van der Waals surface area contributed by atoms with Gasteiger partial charge in [0.2, 0.25) is 0 Å². The van der Waals surface area contributed by atoms with E-state index in [1.165, 1.54) is 5.56 Å². The maximum absolute atomic E-state index is 12.2. The smallest absolute Gasteiger partial charge is 0.259 e. The molecule has 3 rings (SSSR count). The van der Waals surface area contributed by atoms with Gasteiger partial charge in [-0.2, -0.15) is 0 Å². The van der Waals surface area contributed by atoms with Gasteiger partial charge in [0.05, 0.1) is 15.9 Å². The first-order chi connectivity index (χ1) is 11.1. The molecular formula is C18H14Cl2N2O. The molecule has 0 aliphatic heterocycles. The van der Waals surface area contributed by atoms with Crippen molar-refractivity contribution < 1.29 is 0 Å². The molecule has 0 fully saturated rings. The van der Waals surface area contributed by atoms with Gasteiger partial charge < -0.3 is 4.98 Å². The minimum Gasteiger partial charge on any atom is -0.305 e. The van der Waals surface area contributed by atoms with Crippen LogP contribution in [0.15, 0.2) is 47.3 Å². The van der Waals surface area contributed by atoms with Crippen LogP contribution >= 0.6 is 23.2 Å². The number of H-pyrrole nitrogens is 1. The van der Waals surface area contributed by atoms with Gasteiger partial charge in [-0.05, 0) is 41.8 Å². The molecule has 0 aliphatic carbocycles. The normalized spacial score (nSPS) is 11.9. The fraction of sp³-hybridized carbons (Fsp3) is 0.111. The number of fused-ring (bicyclic) bond motifs is 1. The summed E-state index contributed by atoms with van der Waals surface area (Å²) in [6, 6.07) is 13.1. The minimum absolute atomic E-state index is 0.264. The molecule has 3 aromatic rings. The van der Waals surface area contributed by atoms with Crippen LogP contribution in [0.1, 0.15) is 23.9 Å². The van der Waals surface area contributed by atoms with E-state index in [-0.39, 0.29) is 5.56 Å². The fourth-order valence-electron chi connectivity index (χ4n) is 2.29. The highest BCUT2D eigenvalue weighted by Crippen LogP contribution is 2.21. The van der Waals surface area contributed by atoms with Crippen LogP contribution in [-0.4, -0.2) is 9.97 Å². The Labute approximate surface area is 143 Å². The second kappa shape index (κ2) is 6.57. The summed E-state index contributed by atoms with van der Waals surface area (Å²) in [7, 11) is 0. The summed E-state index contributed by atoms with van der Waals surface area (Å²) in [6.07, 6.45) is 2.76. The second-order valence-electron chi connectivity index (χ2n) is 5.16. The van der Waals surface area contributed by atoms with Crippen molar-refractivity contribution in [2.75, 3.05) is 0 Å². The largest absolute Gasteiger partial charge is 0.305 e. The van der Waals surface area contributed by atoms with Crippen molar-refractivity contribution in [3.05, 3.63) is 74.8 Å². The zero-order valence-corrected chi connectivity index (χ0v) is 13.9. The van der Waals surface area contributed by atoms with Crippen LogP contribution in [0, 0.1) is 0 Å². The quantitative estimate of drug-likeness (QED) is 0.736. The van der Waals surface area contributed by atoms with E-state index in [0.29, 0.717) is 26.8 Å². The molecule has 116 valence electrons. The summed E-state index contributed by atoms with van der Waals surface area (Å²) in [5.74, 6) is 0.339. The monoisotopic (exact) mass is 344 g/mol. The van der Waals surface area contributed by atoms with Gasteiger partial charge in [-0.15, -0.1) is 0 Å². The number of halogens is 2. The Kier molecular flexibility index (Phi) is 4.51. The topological polar surface area (TPSA) is 45.8 Å². The standard InChI is InChI=1S/C18H14Cl2N2O/c1-2-11-3-5-12(6-4-11)9-15(20)17-21-16-8-7-13(19)10-14(16)18(23)22-17/h3-10H,2H2,1H3,(H,21,22,23)/b15-9-. The molecule has 1 N–H and O–H groups in total. The number of nitrogens with zero attached hydrogens (tertiary/aromatic N) is 1. The Bertz CT molecular complexity index is 943. The van der Waals surface area contributed by atoms with Gasteiger partial charge in [0.25, 0.3) is 5.56 Å². The first-order valence-electron chi connectivity index (χ1n) is 7.23. The van der Waals surface area contributed by atoms with Crippen molar-refractivity contribution in [1.82, 2.24) is 9.97 Å². The van der Waals surface area contributed by atoms with E-state index < -0.39 is 0 Å². The van der Waals surface area contributed by atoms with E-state index in [9.17, 15) is 4.79 Å². The van der Waals surface area contributed by atoms with Crippen LogP contribution in [0.3, 0.4) is 0 Å². The Morgan fingerprint density at radius 1 is 1.22 bits per heavy atom. The molecule has 0 unspecified atom stereocenters. The van der Waals surface area contributed by atoms with Crippen molar-refractivity contribution in [2.24, 2.45) is 0 Å². The van der Waals surface area contributed by atoms with Crippen LogP contribution in [0.25, 0.3) is 22.0 Å². The molecule has 2 aromatic carbocycles. The third-order valence-corrected chi connectivity index (χ3v) is 4.10. The minimum atomic E-state index is -0.264. The predicted octanol–water partition coefficient (Wildman–Crippen LogP) is 4.88. The maximum Gasteiger partial charge on any atom is 0.259 e. The first-order valence-corrected chi connectivity index (χ1v) is 7.98. The zero-order chi connectivity index (χ0) is 16.4. The van der Waals surface area contributed by atoms with E-state index in [0.717, 1.165) is 12.0 Å². The summed E-state index contributed by atoms with van der Waals surface area (Å²) in [6.45, 7) is 2.10. The molecule has 1 aromatic heterocycles. The lowest BCUT2D eigenvalue weighted by molar-refractivity contribution is 1.13. The number of benzene rings is 2. The van der Waals surface area contributed by atoms with Crippen LogP contribution < -0.4 is 5.56 Å². The molecule has 0 radical (unpaired) electrons. The van der Waals surface area contributed by atoms with Crippen LogP contribution in [0.2, 0.25) is 5.02 Å². The van der Waals surface area contributed by atoms with Crippen molar-refractivity contribution in [2.45, 2.75) is 13.3 Å². The lowest BCUT2D eigenvalue weighted by Gasteiger charge is -2.03. The van der Waals surface area contributed by atoms with Gasteiger partial charge in [0.1, 0.15) is 0 Å². The second-order valence-corrected chi connectivity index (χ2v) is 6.01. The lowest BCUT2D eigenvalue weighted by atomic mass is 10.1. The molecule has 5 heteroatoms. The lowest BCUT2D eigenvalue weighted by Crippen LogP contribution is -2.10. The number of nitrogens with one attached hydrogen (secondary N) is 1. The van der Waals surface area contributed by atoms with Gasteiger partial charge in [0.15, 0.2) is 5.82 Å². The summed E-state index contributed by atoms with van der Waals surface area (Å²) in [5.41, 5.74) is 2.50. The third kappa shape index (κ3) is 3.46. The molecule has 0 saturated carbocycles. The molecule has 0 saturated heterocycles. The van der Waals surface area contributed by atoms with Gasteiger partial charge in [-0.3, -0.25) is 4.79 Å². The zero-order valence-electron chi connectivity index (χ0n) is 12.4. The van der Waals surface area contributed by atoms with Gasteiger partial charge in [-0.1, -0.05) is 54.4 Å². The summed E-state index contributed by atoms with van der Waals surface area (Å²) in [4.78, 5) is 19.2. The first kappa shape index (κ1) is 15.8. The van der Waals surface area contributed by atoms with Crippen molar-refractivity contribution >= 4 is 45.2 Å². The highest BCUT2D eigenvalue weighted by atomic mass is 35.5. The van der Waals surface area contributed by atoms with E-state index in [2.05, 4.69) is 29.0 Å². The highest BCUT2D eigenvalue weighted by molar-refractivity contribution is 6.50. The van der Waals surface area contributed by atoms with Crippen molar-refractivity contribution in [3.63, 3.8) is 0 Å². The van der Waals surface area contributed by atoms with E-state index in [1.54, 1.807) is 24.3 Å². The molecule has 0 aliphatic rings. The summed E-state index contributed by atoms with van der Waals surface area (Å²) >= 11 is 12.2. The van der Waals surface area contributed by atoms with Crippen LogP contribution in [0.5, 0.6) is 0 Å². The van der Waals surface area contributed by atoms with Crippen LogP contribution in [0.4, 0.5) is 0 Å². The van der Waals surface area contributed by atoms with Crippen molar-refractivity contribution in [1.29, 1.82) is 0 Å². The maximum atomic E-state index is 12.2. The molecule has 0 amide bonds. The molecule has 1 heterocycles. The molecular weight excluding hydrogens is 331 g/mol. The highest BCUT2D eigenvalue weighted by Gasteiger charge is 2.07. The van der Waals surface area contributed by atoms with E-state index in [1.807, 2.05) is 12.1 Å². The number of aromatic amines is 1. The third-order valence-electron chi connectivity index (χ3n) is 3.57. The average Bonchev–Trinajstić information content (AvgIpc) is 2.56. The SMILES string of the molecule is CCc1ccc(/C=C(\Cl)c2nc3ccc(Cl)cc3c(=O)[nH]2)cc1. The molecule has 0 atom stereocenters. The summed E-state index contributed by atoms with van der Waals surface area (Å²) in [5, 5.41) is 1.32. The Morgan fingerprint density at radius 2 is 1.96 bits per heavy atom. The molecule has 3 nitrogen and oxygen atoms in total. The number of aryl methyl sites for hydroxylation is 1. The molecule has 0 bridgehead atoms. The van der Waals surface area contributed by atoms with Crippen molar-refractivity contribution in [3.8, 4) is 0 Å². The van der Waals surface area contributed by atoms with Gasteiger partial charge in [0, 0.05) is 5.02 Å². The van der Waals surface area contributed by atoms with E-state index >= 15 is 0 Å². The average molecular weight is 345 g/mol. The Morgan fingerprint density at radius 3 is 2.65 bits per heavy atom. The Balaban J connectivity index is 2.02. The number of hydrogen-bond donors (Lipinski definition) is 1. The number of rotatable bonds is 3. The summed E-state index contributed by atoms with van der Waals surface area (Å²) < 4.78 is 0. The van der Waals surface area contributed by atoms with Crippen LogP contribution in [-0.2, 0) is 6.42 Å². The number of hydrogen-bond acceptors (Lipinski definition) is 2.